The second-order valence-corrected chi connectivity index (χ2v) is 6.42. The maximum absolute atomic E-state index is 13.6. The molecule has 25 heavy (non-hydrogen) atoms. The number of nitrogens with zero attached hydrogens (tertiary/aromatic N) is 4. The minimum atomic E-state index is -0.471. The Kier molecular flexibility index (Phi) is 5.08. The van der Waals surface area contributed by atoms with E-state index in [2.05, 4.69) is 20.8 Å². The van der Waals surface area contributed by atoms with Crippen molar-refractivity contribution in [2.45, 2.75) is 19.0 Å². The minimum Gasteiger partial charge on any atom is -0.323 e. The van der Waals surface area contributed by atoms with Crippen LogP contribution in [0.2, 0.25) is 0 Å². The Labute approximate surface area is 148 Å². The van der Waals surface area contributed by atoms with E-state index < -0.39 is 5.82 Å². The molecule has 8 heteroatoms. The summed E-state index contributed by atoms with van der Waals surface area (Å²) < 4.78 is 15.2. The van der Waals surface area contributed by atoms with Crippen LogP contribution >= 0.6 is 11.8 Å². The van der Waals surface area contributed by atoms with Crippen LogP contribution in [-0.4, -0.2) is 31.9 Å². The zero-order valence-corrected chi connectivity index (χ0v) is 14.5. The molecule has 0 aliphatic rings. The van der Waals surface area contributed by atoms with Crippen molar-refractivity contribution in [2.24, 2.45) is 0 Å². The summed E-state index contributed by atoms with van der Waals surface area (Å²) in [4.78, 5) is 12.0. The number of hydrogen-bond donors (Lipinski definition) is 1. The highest BCUT2D eigenvalue weighted by atomic mass is 32.2. The number of aryl methyl sites for hydroxylation is 2. The van der Waals surface area contributed by atoms with Crippen molar-refractivity contribution in [3.8, 4) is 5.69 Å². The number of benzene rings is 2. The lowest BCUT2D eigenvalue weighted by Crippen LogP contribution is -2.15. The summed E-state index contributed by atoms with van der Waals surface area (Å²) >= 11 is 1.19. The maximum atomic E-state index is 13.6. The topological polar surface area (TPSA) is 72.7 Å². The molecule has 0 saturated heterocycles. The van der Waals surface area contributed by atoms with Gasteiger partial charge in [0.05, 0.1) is 17.1 Å². The van der Waals surface area contributed by atoms with Gasteiger partial charge in [0.15, 0.2) is 0 Å². The molecule has 1 aromatic heterocycles. The number of nitrogens with one attached hydrogen (secondary N) is 1. The van der Waals surface area contributed by atoms with Gasteiger partial charge in [-0.15, -0.1) is 5.10 Å². The number of tetrazole rings is 1. The standard InChI is InChI=1S/C17H16FN5OS/c1-11-7-8-15(12(2)9-11)23-17(20-21-22-23)25-10-16(24)19-14-6-4-3-5-13(14)18/h3-9H,10H2,1-2H3,(H,19,24). The number of rotatable bonds is 5. The van der Waals surface area contributed by atoms with Crippen LogP contribution in [0.3, 0.4) is 0 Å². The van der Waals surface area contributed by atoms with Gasteiger partial charge >= 0.3 is 0 Å². The molecule has 0 radical (unpaired) electrons. The van der Waals surface area contributed by atoms with Crippen LogP contribution in [0.4, 0.5) is 10.1 Å². The van der Waals surface area contributed by atoms with Gasteiger partial charge in [0.2, 0.25) is 11.1 Å². The number of hydrogen-bond acceptors (Lipinski definition) is 5. The number of halogens is 1. The summed E-state index contributed by atoms with van der Waals surface area (Å²) in [5, 5.41) is 14.7. The first-order valence-corrected chi connectivity index (χ1v) is 8.56. The molecule has 1 N–H and O–H groups in total. The Morgan fingerprint density at radius 1 is 1.24 bits per heavy atom. The lowest BCUT2D eigenvalue weighted by atomic mass is 10.1. The fourth-order valence-corrected chi connectivity index (χ4v) is 3.03. The lowest BCUT2D eigenvalue weighted by molar-refractivity contribution is -0.113. The van der Waals surface area contributed by atoms with E-state index in [1.165, 1.54) is 23.9 Å². The normalized spacial score (nSPS) is 10.7. The SMILES string of the molecule is Cc1ccc(-n2nnnc2SCC(=O)Nc2ccccc2F)c(C)c1. The number of anilines is 1. The highest BCUT2D eigenvalue weighted by Crippen LogP contribution is 2.22. The van der Waals surface area contributed by atoms with E-state index in [1.54, 1.807) is 16.8 Å². The molecular formula is C17H16FN5OS. The first-order valence-electron chi connectivity index (χ1n) is 7.58. The fourth-order valence-electron chi connectivity index (χ4n) is 2.34. The third-order valence-electron chi connectivity index (χ3n) is 3.50. The lowest BCUT2D eigenvalue weighted by Gasteiger charge is -2.09. The number of amides is 1. The minimum absolute atomic E-state index is 0.0691. The van der Waals surface area contributed by atoms with Gasteiger partial charge in [-0.25, -0.2) is 4.39 Å². The number of aromatic nitrogens is 4. The van der Waals surface area contributed by atoms with Gasteiger partial charge in [-0.1, -0.05) is 41.6 Å². The molecule has 0 aliphatic heterocycles. The van der Waals surface area contributed by atoms with Crippen molar-refractivity contribution < 1.29 is 9.18 Å². The average Bonchev–Trinajstić information content (AvgIpc) is 3.03. The van der Waals surface area contributed by atoms with Crippen LogP contribution in [0.15, 0.2) is 47.6 Å². The summed E-state index contributed by atoms with van der Waals surface area (Å²) in [5.41, 5.74) is 3.19. The summed E-state index contributed by atoms with van der Waals surface area (Å²) in [6, 6.07) is 12.0. The van der Waals surface area contributed by atoms with E-state index in [4.69, 9.17) is 0 Å². The smallest absolute Gasteiger partial charge is 0.234 e. The third kappa shape index (κ3) is 4.03. The molecule has 0 bridgehead atoms. The van der Waals surface area contributed by atoms with E-state index in [1.807, 2.05) is 32.0 Å². The van der Waals surface area contributed by atoms with Gasteiger partial charge in [0.1, 0.15) is 5.82 Å². The van der Waals surface area contributed by atoms with Crippen molar-refractivity contribution in [3.05, 3.63) is 59.4 Å². The third-order valence-corrected chi connectivity index (χ3v) is 4.42. The molecule has 6 nitrogen and oxygen atoms in total. The highest BCUT2D eigenvalue weighted by Gasteiger charge is 2.14. The number of carbonyl (C=O) groups excluding carboxylic acids is 1. The first-order chi connectivity index (χ1) is 12.0. The Bertz CT molecular complexity index is 912. The van der Waals surface area contributed by atoms with E-state index in [9.17, 15) is 9.18 Å². The first kappa shape index (κ1) is 17.1. The van der Waals surface area contributed by atoms with Crippen molar-refractivity contribution in [2.75, 3.05) is 11.1 Å². The molecular weight excluding hydrogens is 341 g/mol. The quantitative estimate of drug-likeness (QED) is 0.710. The summed E-state index contributed by atoms with van der Waals surface area (Å²) in [6.07, 6.45) is 0. The van der Waals surface area contributed by atoms with Crippen molar-refractivity contribution in [1.29, 1.82) is 0 Å². The van der Waals surface area contributed by atoms with Crippen LogP contribution in [0.25, 0.3) is 5.69 Å². The van der Waals surface area contributed by atoms with E-state index >= 15 is 0 Å². The van der Waals surface area contributed by atoms with Gasteiger partial charge in [-0.05, 0) is 48.0 Å². The average molecular weight is 357 g/mol. The second-order valence-electron chi connectivity index (χ2n) is 5.48. The van der Waals surface area contributed by atoms with Gasteiger partial charge < -0.3 is 5.32 Å². The molecule has 1 amide bonds. The molecule has 3 rings (SSSR count). The van der Waals surface area contributed by atoms with E-state index in [0.717, 1.165) is 16.8 Å². The molecule has 1 heterocycles. The second kappa shape index (κ2) is 7.43. The summed E-state index contributed by atoms with van der Waals surface area (Å²) in [5.74, 6) is -0.731. The van der Waals surface area contributed by atoms with Crippen molar-refractivity contribution >= 4 is 23.4 Å². The Morgan fingerprint density at radius 3 is 2.80 bits per heavy atom. The molecule has 0 unspecified atom stereocenters. The zero-order chi connectivity index (χ0) is 17.8. The van der Waals surface area contributed by atoms with Crippen LogP contribution in [0.5, 0.6) is 0 Å². The molecule has 0 aliphatic carbocycles. The molecule has 3 aromatic rings. The van der Waals surface area contributed by atoms with Gasteiger partial charge in [-0.3, -0.25) is 4.79 Å². The molecule has 0 atom stereocenters. The zero-order valence-electron chi connectivity index (χ0n) is 13.7. The van der Waals surface area contributed by atoms with Crippen LogP contribution in [-0.2, 0) is 4.79 Å². The maximum Gasteiger partial charge on any atom is 0.234 e. The van der Waals surface area contributed by atoms with Crippen LogP contribution < -0.4 is 5.32 Å². The Balaban J connectivity index is 1.69. The van der Waals surface area contributed by atoms with Gasteiger partial charge in [-0.2, -0.15) is 4.68 Å². The molecule has 0 saturated carbocycles. The Morgan fingerprint density at radius 2 is 2.04 bits per heavy atom. The van der Waals surface area contributed by atoms with Crippen molar-refractivity contribution in [3.63, 3.8) is 0 Å². The largest absolute Gasteiger partial charge is 0.323 e. The van der Waals surface area contributed by atoms with Crippen LogP contribution in [0.1, 0.15) is 11.1 Å². The number of para-hydroxylation sites is 1. The molecule has 0 spiro atoms. The predicted molar refractivity (Wildman–Crippen MR) is 94.4 cm³/mol. The molecule has 2 aromatic carbocycles. The van der Waals surface area contributed by atoms with Crippen molar-refractivity contribution in [1.82, 2.24) is 20.2 Å². The van der Waals surface area contributed by atoms with Crippen LogP contribution in [0, 0.1) is 19.7 Å². The van der Waals surface area contributed by atoms with Gasteiger partial charge in [0, 0.05) is 0 Å². The molecule has 0 fully saturated rings. The Hall–Kier alpha value is -2.74. The fraction of sp³-hybridized carbons (Fsp3) is 0.176. The highest BCUT2D eigenvalue weighted by molar-refractivity contribution is 7.99. The van der Waals surface area contributed by atoms with E-state index in [-0.39, 0.29) is 17.3 Å². The summed E-state index contributed by atoms with van der Waals surface area (Å²) in [7, 11) is 0. The summed E-state index contributed by atoms with van der Waals surface area (Å²) in [6.45, 7) is 3.99. The van der Waals surface area contributed by atoms with E-state index in [0.29, 0.717) is 5.16 Å². The molecule has 128 valence electrons. The predicted octanol–water partition coefficient (Wildman–Crippen LogP) is 3.15. The number of carbonyl (C=O) groups is 1. The monoisotopic (exact) mass is 357 g/mol. The number of thioether (sulfide) groups is 1. The van der Waals surface area contributed by atoms with Gasteiger partial charge in [0.25, 0.3) is 0 Å².